The van der Waals surface area contributed by atoms with Gasteiger partial charge in [-0.1, -0.05) is 25.4 Å². The smallest absolute Gasteiger partial charge is 0.294 e. The summed E-state index contributed by atoms with van der Waals surface area (Å²) in [5.41, 5.74) is 0.789. The number of nitro benzene ring substituents is 1. The molecule has 1 aliphatic rings. The van der Waals surface area contributed by atoms with E-state index in [0.29, 0.717) is 29.2 Å². The van der Waals surface area contributed by atoms with E-state index in [0.717, 1.165) is 0 Å². The summed E-state index contributed by atoms with van der Waals surface area (Å²) in [5, 5.41) is 14.3. The molecule has 0 atom stereocenters. The van der Waals surface area contributed by atoms with Gasteiger partial charge in [0, 0.05) is 29.3 Å². The van der Waals surface area contributed by atoms with Crippen molar-refractivity contribution >= 4 is 28.8 Å². The molecule has 0 bridgehead atoms. The number of carbonyl (C=O) groups excluding carboxylic acids is 1. The van der Waals surface area contributed by atoms with Gasteiger partial charge < -0.3 is 5.32 Å². The largest absolute Gasteiger partial charge is 0.353 e. The number of hydrogen-bond donors (Lipinski definition) is 1. The monoisotopic (exact) mass is 294 g/mol. The van der Waals surface area contributed by atoms with Crippen molar-refractivity contribution in [2.45, 2.75) is 26.7 Å². The van der Waals surface area contributed by atoms with Crippen LogP contribution in [0.25, 0.3) is 0 Å². The molecular weight excluding hydrogens is 280 g/mol. The molecule has 0 radical (unpaired) electrons. The predicted octanol–water partition coefficient (Wildman–Crippen LogP) is 3.93. The van der Waals surface area contributed by atoms with Gasteiger partial charge in [0.05, 0.1) is 4.92 Å². The number of rotatable bonds is 3. The molecule has 0 fully saturated rings. The fourth-order valence-corrected chi connectivity index (χ4v) is 2.53. The van der Waals surface area contributed by atoms with E-state index in [1.807, 2.05) is 13.8 Å². The highest BCUT2D eigenvalue weighted by Crippen LogP contribution is 2.36. The predicted molar refractivity (Wildman–Crippen MR) is 77.8 cm³/mol. The van der Waals surface area contributed by atoms with Crippen LogP contribution in [0.3, 0.4) is 0 Å². The van der Waals surface area contributed by atoms with Crippen LogP contribution < -0.4 is 5.32 Å². The lowest BCUT2D eigenvalue weighted by Crippen LogP contribution is -2.24. The van der Waals surface area contributed by atoms with Crippen molar-refractivity contribution in [1.82, 2.24) is 0 Å². The van der Waals surface area contributed by atoms with Crippen LogP contribution in [0.4, 0.5) is 11.4 Å². The number of allylic oxidation sites excluding steroid dienone is 2. The van der Waals surface area contributed by atoms with Crippen molar-refractivity contribution in [3.8, 4) is 0 Å². The standard InChI is InChI=1S/C14H15ClN2O3/c1-14(2)7-10(6-11(18)8-14)16-12-4-3-9(15)5-13(12)17(19)20/h3-6,16H,7-8H2,1-2H3. The molecule has 1 aliphatic carbocycles. The third kappa shape index (κ3) is 3.36. The number of ketones is 1. The molecular formula is C14H15ClN2O3. The van der Waals surface area contributed by atoms with Crippen LogP contribution in [-0.4, -0.2) is 10.7 Å². The highest BCUT2D eigenvalue weighted by atomic mass is 35.5. The summed E-state index contributed by atoms with van der Waals surface area (Å²) in [4.78, 5) is 22.2. The highest BCUT2D eigenvalue weighted by Gasteiger charge is 2.28. The Morgan fingerprint density at radius 2 is 2.05 bits per heavy atom. The van der Waals surface area contributed by atoms with E-state index in [1.165, 1.54) is 12.1 Å². The molecule has 6 heteroatoms. The van der Waals surface area contributed by atoms with Gasteiger partial charge in [0.25, 0.3) is 5.69 Å². The van der Waals surface area contributed by atoms with Crippen molar-refractivity contribution in [2.75, 3.05) is 5.32 Å². The van der Waals surface area contributed by atoms with E-state index in [9.17, 15) is 14.9 Å². The third-order valence-corrected chi connectivity index (χ3v) is 3.34. The zero-order chi connectivity index (χ0) is 14.9. The van der Waals surface area contributed by atoms with E-state index in [1.54, 1.807) is 12.1 Å². The maximum Gasteiger partial charge on any atom is 0.294 e. The minimum atomic E-state index is -0.495. The second-order valence-electron chi connectivity index (χ2n) is 5.70. The second kappa shape index (κ2) is 5.25. The van der Waals surface area contributed by atoms with Gasteiger partial charge in [-0.3, -0.25) is 14.9 Å². The third-order valence-electron chi connectivity index (χ3n) is 3.11. The van der Waals surface area contributed by atoms with E-state index in [-0.39, 0.29) is 16.9 Å². The van der Waals surface area contributed by atoms with Crippen LogP contribution in [0, 0.1) is 15.5 Å². The Bertz CT molecular complexity index is 608. The van der Waals surface area contributed by atoms with Gasteiger partial charge in [-0.15, -0.1) is 0 Å². The summed E-state index contributed by atoms with van der Waals surface area (Å²) in [5.74, 6) is 0.0281. The van der Waals surface area contributed by atoms with Crippen LogP contribution in [0.1, 0.15) is 26.7 Å². The molecule has 20 heavy (non-hydrogen) atoms. The lowest BCUT2D eigenvalue weighted by molar-refractivity contribution is -0.383. The first-order valence-corrected chi connectivity index (χ1v) is 6.59. The Morgan fingerprint density at radius 3 is 2.65 bits per heavy atom. The molecule has 1 N–H and O–H groups in total. The van der Waals surface area contributed by atoms with E-state index in [4.69, 9.17) is 11.6 Å². The number of halogens is 1. The number of benzene rings is 1. The van der Waals surface area contributed by atoms with Gasteiger partial charge in [0.15, 0.2) is 5.78 Å². The van der Waals surface area contributed by atoms with E-state index >= 15 is 0 Å². The minimum absolute atomic E-state index is 0.0281. The van der Waals surface area contributed by atoms with Crippen molar-refractivity contribution in [3.63, 3.8) is 0 Å². The summed E-state index contributed by atoms with van der Waals surface area (Å²) in [6.07, 6.45) is 2.67. The maximum atomic E-state index is 11.7. The number of anilines is 1. The molecule has 0 saturated carbocycles. The normalized spacial score (nSPS) is 17.6. The van der Waals surface area contributed by atoms with Crippen molar-refractivity contribution in [3.05, 3.63) is 45.1 Å². The summed E-state index contributed by atoms with van der Waals surface area (Å²) in [7, 11) is 0. The maximum absolute atomic E-state index is 11.7. The molecule has 0 aromatic heterocycles. The molecule has 0 aliphatic heterocycles. The molecule has 0 unspecified atom stereocenters. The number of hydrogen-bond acceptors (Lipinski definition) is 4. The molecule has 0 spiro atoms. The molecule has 0 saturated heterocycles. The average molecular weight is 295 g/mol. The van der Waals surface area contributed by atoms with E-state index < -0.39 is 4.92 Å². The lowest BCUT2D eigenvalue weighted by Gasteiger charge is -2.29. The van der Waals surface area contributed by atoms with Gasteiger partial charge in [-0.25, -0.2) is 0 Å². The Kier molecular flexibility index (Phi) is 3.81. The first kappa shape index (κ1) is 14.5. The van der Waals surface area contributed by atoms with Crippen LogP contribution in [0.15, 0.2) is 30.0 Å². The Balaban J connectivity index is 2.31. The summed E-state index contributed by atoms with van der Waals surface area (Å²) in [6.45, 7) is 3.99. The van der Waals surface area contributed by atoms with Crippen molar-refractivity contribution < 1.29 is 9.72 Å². The molecule has 2 rings (SSSR count). The molecule has 106 valence electrons. The number of nitro groups is 1. The quantitative estimate of drug-likeness (QED) is 0.677. The molecule has 0 heterocycles. The first-order chi connectivity index (χ1) is 9.27. The number of nitrogens with zero attached hydrogens (tertiary/aromatic N) is 1. The number of nitrogens with one attached hydrogen (secondary N) is 1. The molecule has 1 aromatic rings. The zero-order valence-electron chi connectivity index (χ0n) is 11.3. The Morgan fingerprint density at radius 1 is 1.35 bits per heavy atom. The average Bonchev–Trinajstić information content (AvgIpc) is 2.28. The van der Waals surface area contributed by atoms with Crippen LogP contribution in [0.2, 0.25) is 5.02 Å². The summed E-state index contributed by atoms with van der Waals surface area (Å²) < 4.78 is 0. The highest BCUT2D eigenvalue weighted by molar-refractivity contribution is 6.30. The molecule has 1 aromatic carbocycles. The van der Waals surface area contributed by atoms with Gasteiger partial charge in [-0.05, 0) is 24.0 Å². The SMILES string of the molecule is CC1(C)CC(=O)C=C(Nc2ccc(Cl)cc2[N+](=O)[O-])C1. The molecule has 0 amide bonds. The van der Waals surface area contributed by atoms with Gasteiger partial charge in [0.1, 0.15) is 5.69 Å². The summed E-state index contributed by atoms with van der Waals surface area (Å²) >= 11 is 5.77. The Labute approximate surface area is 121 Å². The topological polar surface area (TPSA) is 72.2 Å². The number of carbonyl (C=O) groups is 1. The molecule has 5 nitrogen and oxygen atoms in total. The van der Waals surface area contributed by atoms with Gasteiger partial charge >= 0.3 is 0 Å². The van der Waals surface area contributed by atoms with Crippen LogP contribution >= 0.6 is 11.6 Å². The Hall–Kier alpha value is -1.88. The minimum Gasteiger partial charge on any atom is -0.353 e. The second-order valence-corrected chi connectivity index (χ2v) is 6.13. The fourth-order valence-electron chi connectivity index (χ4n) is 2.36. The van der Waals surface area contributed by atoms with E-state index in [2.05, 4.69) is 5.32 Å². The van der Waals surface area contributed by atoms with Gasteiger partial charge in [-0.2, -0.15) is 0 Å². The first-order valence-electron chi connectivity index (χ1n) is 6.21. The van der Waals surface area contributed by atoms with Crippen LogP contribution in [-0.2, 0) is 4.79 Å². The summed E-state index contributed by atoms with van der Waals surface area (Å²) in [6, 6.07) is 4.42. The van der Waals surface area contributed by atoms with Crippen molar-refractivity contribution in [1.29, 1.82) is 0 Å². The fraction of sp³-hybridized carbons (Fsp3) is 0.357. The lowest BCUT2D eigenvalue weighted by atomic mass is 9.79. The van der Waals surface area contributed by atoms with Crippen LogP contribution in [0.5, 0.6) is 0 Å². The van der Waals surface area contributed by atoms with Crippen molar-refractivity contribution in [2.24, 2.45) is 5.41 Å². The van der Waals surface area contributed by atoms with Gasteiger partial charge in [0.2, 0.25) is 0 Å². The zero-order valence-corrected chi connectivity index (χ0v) is 12.0.